The van der Waals surface area contributed by atoms with E-state index in [9.17, 15) is 0 Å². The zero-order valence-corrected chi connectivity index (χ0v) is 7.76. The third kappa shape index (κ3) is 1.84. The number of aryl methyl sites for hydroxylation is 1. The zero-order chi connectivity index (χ0) is 8.97. The van der Waals surface area contributed by atoms with Gasteiger partial charge in [0.05, 0.1) is 11.9 Å². The Kier molecular flexibility index (Phi) is 2.86. The van der Waals surface area contributed by atoms with Gasteiger partial charge in [0.15, 0.2) is 0 Å². The van der Waals surface area contributed by atoms with Crippen molar-refractivity contribution in [3.63, 3.8) is 0 Å². The Morgan fingerprint density at radius 3 is 2.83 bits per heavy atom. The van der Waals surface area contributed by atoms with E-state index in [1.165, 1.54) is 5.56 Å². The molecule has 1 rings (SSSR count). The molecule has 1 aromatic heterocycles. The highest BCUT2D eigenvalue weighted by Gasteiger charge is 1.96. The van der Waals surface area contributed by atoms with E-state index >= 15 is 0 Å². The molecule has 0 radical (unpaired) electrons. The van der Waals surface area contributed by atoms with Crippen LogP contribution in [0.2, 0.25) is 0 Å². The molecular weight excluding hydrogens is 148 g/mol. The molecule has 0 aliphatic heterocycles. The summed E-state index contributed by atoms with van der Waals surface area (Å²) in [7, 11) is 1.90. The second-order valence-electron chi connectivity index (χ2n) is 2.66. The Bertz CT molecular complexity index is 290. The maximum Gasteiger partial charge on any atom is 0.0597 e. The fraction of sp³-hybridized carbons (Fsp3) is 0.300. The molecule has 0 aromatic carbocycles. The maximum absolute atomic E-state index is 4.20. The summed E-state index contributed by atoms with van der Waals surface area (Å²) < 4.78 is 0. The molecule has 0 saturated heterocycles. The highest BCUT2D eigenvalue weighted by Crippen LogP contribution is 2.15. The summed E-state index contributed by atoms with van der Waals surface area (Å²) in [4.78, 5) is 4.20. The standard InChI is InChI=1S/C10H14N2/c1-4-5-9-6-8(2)12-7-10(9)11-3/h4-7,11H,1-3H3/b5-4+. The number of nitrogens with zero attached hydrogens (tertiary/aromatic N) is 1. The third-order valence-electron chi connectivity index (χ3n) is 1.69. The quantitative estimate of drug-likeness (QED) is 0.722. The molecule has 0 spiro atoms. The van der Waals surface area contributed by atoms with Crippen LogP contribution in [-0.2, 0) is 0 Å². The van der Waals surface area contributed by atoms with Gasteiger partial charge in [0.25, 0.3) is 0 Å². The molecule has 0 aliphatic rings. The second kappa shape index (κ2) is 3.90. The molecule has 2 heteroatoms. The number of allylic oxidation sites excluding steroid dienone is 1. The first kappa shape index (κ1) is 8.78. The lowest BCUT2D eigenvalue weighted by molar-refractivity contribution is 1.19. The molecule has 0 saturated carbocycles. The number of aromatic nitrogens is 1. The summed E-state index contributed by atoms with van der Waals surface area (Å²) in [5, 5.41) is 3.09. The highest BCUT2D eigenvalue weighted by atomic mass is 14.8. The van der Waals surface area contributed by atoms with Crippen molar-refractivity contribution in [3.8, 4) is 0 Å². The Hall–Kier alpha value is -1.31. The Labute approximate surface area is 73.3 Å². The van der Waals surface area contributed by atoms with E-state index in [2.05, 4.69) is 22.4 Å². The van der Waals surface area contributed by atoms with E-state index in [0.29, 0.717) is 0 Å². The van der Waals surface area contributed by atoms with E-state index in [4.69, 9.17) is 0 Å². The molecule has 2 nitrogen and oxygen atoms in total. The van der Waals surface area contributed by atoms with Crippen LogP contribution in [0.5, 0.6) is 0 Å². The monoisotopic (exact) mass is 162 g/mol. The lowest BCUT2D eigenvalue weighted by Crippen LogP contribution is -1.93. The average molecular weight is 162 g/mol. The smallest absolute Gasteiger partial charge is 0.0597 e. The Balaban J connectivity index is 3.12. The van der Waals surface area contributed by atoms with Gasteiger partial charge in [-0.3, -0.25) is 4.98 Å². The van der Waals surface area contributed by atoms with Gasteiger partial charge in [-0.25, -0.2) is 0 Å². The van der Waals surface area contributed by atoms with Crippen LogP contribution < -0.4 is 5.32 Å². The van der Waals surface area contributed by atoms with Crippen molar-refractivity contribution in [1.29, 1.82) is 0 Å². The maximum atomic E-state index is 4.20. The van der Waals surface area contributed by atoms with Crippen molar-refractivity contribution in [2.24, 2.45) is 0 Å². The molecule has 0 bridgehead atoms. The van der Waals surface area contributed by atoms with Crippen molar-refractivity contribution < 1.29 is 0 Å². The number of pyridine rings is 1. The molecule has 0 atom stereocenters. The van der Waals surface area contributed by atoms with Gasteiger partial charge >= 0.3 is 0 Å². The first-order chi connectivity index (χ1) is 5.77. The van der Waals surface area contributed by atoms with Gasteiger partial charge < -0.3 is 5.32 Å². The van der Waals surface area contributed by atoms with Crippen molar-refractivity contribution in [1.82, 2.24) is 4.98 Å². The minimum atomic E-state index is 1.04. The Morgan fingerprint density at radius 2 is 2.25 bits per heavy atom. The van der Waals surface area contributed by atoms with E-state index in [1.54, 1.807) is 0 Å². The minimum absolute atomic E-state index is 1.04. The predicted octanol–water partition coefficient (Wildman–Crippen LogP) is 2.46. The van der Waals surface area contributed by atoms with Crippen LogP contribution in [0.15, 0.2) is 18.3 Å². The van der Waals surface area contributed by atoms with Crippen LogP contribution in [0.4, 0.5) is 5.69 Å². The first-order valence-corrected chi connectivity index (χ1v) is 4.05. The first-order valence-electron chi connectivity index (χ1n) is 4.05. The van der Waals surface area contributed by atoms with Gasteiger partial charge in [-0.15, -0.1) is 0 Å². The summed E-state index contributed by atoms with van der Waals surface area (Å²) in [5.74, 6) is 0. The summed E-state index contributed by atoms with van der Waals surface area (Å²) in [6.45, 7) is 4.00. The molecule has 64 valence electrons. The molecule has 0 unspecified atom stereocenters. The van der Waals surface area contributed by atoms with Crippen molar-refractivity contribution in [3.05, 3.63) is 29.6 Å². The van der Waals surface area contributed by atoms with Crippen molar-refractivity contribution in [2.75, 3.05) is 12.4 Å². The number of hydrogen-bond donors (Lipinski definition) is 1. The molecule has 1 heterocycles. The van der Waals surface area contributed by atoms with Crippen LogP contribution in [0.3, 0.4) is 0 Å². The molecule has 1 aromatic rings. The lowest BCUT2D eigenvalue weighted by Gasteiger charge is -2.04. The molecule has 1 N–H and O–H groups in total. The summed E-state index contributed by atoms with van der Waals surface area (Å²) >= 11 is 0. The number of nitrogens with one attached hydrogen (secondary N) is 1. The molecule has 0 amide bonds. The minimum Gasteiger partial charge on any atom is -0.386 e. The number of rotatable bonds is 2. The van der Waals surface area contributed by atoms with Crippen LogP contribution in [-0.4, -0.2) is 12.0 Å². The van der Waals surface area contributed by atoms with Crippen LogP contribution in [0.1, 0.15) is 18.2 Å². The molecule has 12 heavy (non-hydrogen) atoms. The van der Waals surface area contributed by atoms with Gasteiger partial charge in [0.1, 0.15) is 0 Å². The summed E-state index contributed by atoms with van der Waals surface area (Å²) in [5.41, 5.74) is 3.30. The topological polar surface area (TPSA) is 24.9 Å². The van der Waals surface area contributed by atoms with Gasteiger partial charge in [-0.05, 0) is 19.9 Å². The van der Waals surface area contributed by atoms with Crippen LogP contribution in [0.25, 0.3) is 6.08 Å². The number of hydrogen-bond acceptors (Lipinski definition) is 2. The van der Waals surface area contributed by atoms with Crippen LogP contribution in [0, 0.1) is 6.92 Å². The van der Waals surface area contributed by atoms with Crippen molar-refractivity contribution in [2.45, 2.75) is 13.8 Å². The molecule has 0 aliphatic carbocycles. The third-order valence-corrected chi connectivity index (χ3v) is 1.69. The number of anilines is 1. The normalized spacial score (nSPS) is 10.6. The fourth-order valence-corrected chi connectivity index (χ4v) is 1.11. The average Bonchev–Trinajstić information content (AvgIpc) is 2.05. The van der Waals surface area contributed by atoms with E-state index in [0.717, 1.165) is 11.4 Å². The zero-order valence-electron chi connectivity index (χ0n) is 7.76. The van der Waals surface area contributed by atoms with Crippen LogP contribution >= 0.6 is 0 Å². The van der Waals surface area contributed by atoms with E-state index < -0.39 is 0 Å². The van der Waals surface area contributed by atoms with Gasteiger partial charge in [0, 0.05) is 18.3 Å². The van der Waals surface area contributed by atoms with Gasteiger partial charge in [-0.1, -0.05) is 12.2 Å². The SMILES string of the molecule is C/C=C/c1cc(C)ncc1NC. The summed E-state index contributed by atoms with van der Waals surface area (Å²) in [6.07, 6.45) is 5.95. The molecular formula is C10H14N2. The van der Waals surface area contributed by atoms with E-state index in [1.807, 2.05) is 33.2 Å². The molecule has 0 fully saturated rings. The lowest BCUT2D eigenvalue weighted by atomic mass is 10.2. The second-order valence-corrected chi connectivity index (χ2v) is 2.66. The van der Waals surface area contributed by atoms with Gasteiger partial charge in [0.2, 0.25) is 0 Å². The van der Waals surface area contributed by atoms with Gasteiger partial charge in [-0.2, -0.15) is 0 Å². The fourth-order valence-electron chi connectivity index (χ4n) is 1.11. The summed E-state index contributed by atoms with van der Waals surface area (Å²) in [6, 6.07) is 2.06. The van der Waals surface area contributed by atoms with Crippen molar-refractivity contribution >= 4 is 11.8 Å². The Morgan fingerprint density at radius 1 is 1.50 bits per heavy atom. The predicted molar refractivity (Wildman–Crippen MR) is 53.2 cm³/mol. The van der Waals surface area contributed by atoms with E-state index in [-0.39, 0.29) is 0 Å². The largest absolute Gasteiger partial charge is 0.386 e. The highest BCUT2D eigenvalue weighted by molar-refractivity contribution is 5.65.